The highest BCUT2D eigenvalue weighted by atomic mass is 32.2. The number of hydrogen-bond acceptors (Lipinski definition) is 6. The summed E-state index contributed by atoms with van der Waals surface area (Å²) in [6, 6.07) is 3.95. The van der Waals surface area contributed by atoms with Gasteiger partial charge in [-0.15, -0.1) is 0 Å². The highest BCUT2D eigenvalue weighted by molar-refractivity contribution is 7.86. The molecule has 0 aliphatic heterocycles. The van der Waals surface area contributed by atoms with Crippen LogP contribution in [0.4, 0.5) is 0 Å². The third-order valence-electron chi connectivity index (χ3n) is 2.13. The Kier molecular flexibility index (Phi) is 4.69. The van der Waals surface area contributed by atoms with Crippen molar-refractivity contribution in [3.05, 3.63) is 23.8 Å². The lowest BCUT2D eigenvalue weighted by molar-refractivity contribution is 0.0600. The largest absolute Gasteiger partial charge is 0.495 e. The van der Waals surface area contributed by atoms with Crippen molar-refractivity contribution in [3.8, 4) is 5.75 Å². The van der Waals surface area contributed by atoms with E-state index in [1.807, 2.05) is 0 Å². The zero-order valence-corrected chi connectivity index (χ0v) is 11.1. The summed E-state index contributed by atoms with van der Waals surface area (Å²) in [5.74, 6) is -0.526. The van der Waals surface area contributed by atoms with Crippen LogP contribution in [0.25, 0.3) is 0 Å². The summed E-state index contributed by atoms with van der Waals surface area (Å²) in [4.78, 5) is 11.2. The van der Waals surface area contributed by atoms with E-state index in [0.29, 0.717) is 0 Å². The number of benzene rings is 1. The van der Waals surface area contributed by atoms with Gasteiger partial charge in [-0.1, -0.05) is 0 Å². The molecule has 0 unspecified atom stereocenters. The Balaban J connectivity index is 3.35. The molecule has 0 fully saturated rings. The first-order chi connectivity index (χ1) is 8.46. The first-order valence-corrected chi connectivity index (χ1v) is 6.53. The van der Waals surface area contributed by atoms with Gasteiger partial charge < -0.3 is 9.47 Å². The van der Waals surface area contributed by atoms with Gasteiger partial charge in [0.15, 0.2) is 0 Å². The molecule has 0 atom stereocenters. The molecule has 0 bridgehead atoms. The summed E-state index contributed by atoms with van der Waals surface area (Å²) in [5.41, 5.74) is 0.108. The lowest BCUT2D eigenvalue weighted by Crippen LogP contribution is -2.10. The van der Waals surface area contributed by atoms with E-state index in [1.165, 1.54) is 26.4 Å². The average molecular weight is 274 g/mol. The Hall–Kier alpha value is -1.60. The minimum absolute atomic E-state index is 0.00601. The Labute approximate surface area is 106 Å². The van der Waals surface area contributed by atoms with Gasteiger partial charge in [-0.25, -0.2) is 4.79 Å². The number of hydrogen-bond donors (Lipinski definition) is 0. The quantitative estimate of drug-likeness (QED) is 0.593. The van der Waals surface area contributed by atoms with Crippen molar-refractivity contribution in [1.82, 2.24) is 0 Å². The molecular weight excluding hydrogens is 260 g/mol. The van der Waals surface area contributed by atoms with Crippen LogP contribution >= 0.6 is 0 Å². The molecule has 1 aromatic rings. The fourth-order valence-corrected chi connectivity index (χ4v) is 2.44. The molecule has 0 aromatic heterocycles. The van der Waals surface area contributed by atoms with E-state index >= 15 is 0 Å². The van der Waals surface area contributed by atoms with Crippen LogP contribution in [-0.4, -0.2) is 35.2 Å². The Morgan fingerprint density at radius 1 is 1.28 bits per heavy atom. The number of methoxy groups -OCH3 is 2. The van der Waals surface area contributed by atoms with Crippen LogP contribution in [0.5, 0.6) is 5.75 Å². The number of rotatable bonds is 5. The zero-order valence-electron chi connectivity index (χ0n) is 10.3. The number of ether oxygens (including phenoxy) is 2. The molecule has 7 heteroatoms. The van der Waals surface area contributed by atoms with Crippen molar-refractivity contribution in [3.63, 3.8) is 0 Å². The normalized spacial score (nSPS) is 11.1. The molecule has 0 amide bonds. The topological polar surface area (TPSA) is 78.9 Å². The van der Waals surface area contributed by atoms with Gasteiger partial charge in [-0.3, -0.25) is 4.18 Å². The molecule has 0 aliphatic carbocycles. The standard InChI is InChI=1S/C11H14O6S/c1-4-17-18(13,14)10-7-8(11(12)16-3)5-6-9(10)15-2/h5-7H,4H2,1-3H3. The maximum Gasteiger partial charge on any atom is 0.337 e. The Bertz CT molecular complexity index is 534. The maximum absolute atomic E-state index is 11.8. The van der Waals surface area contributed by atoms with Crippen LogP contribution in [0, 0.1) is 0 Å². The molecule has 0 spiro atoms. The molecule has 0 radical (unpaired) electrons. The average Bonchev–Trinajstić information content (AvgIpc) is 2.37. The number of carbonyl (C=O) groups excluding carboxylic acids is 1. The van der Waals surface area contributed by atoms with Crippen LogP contribution in [0.1, 0.15) is 17.3 Å². The van der Waals surface area contributed by atoms with E-state index in [1.54, 1.807) is 6.92 Å². The van der Waals surface area contributed by atoms with Crippen molar-refractivity contribution in [2.24, 2.45) is 0 Å². The third kappa shape index (κ3) is 2.99. The molecule has 0 aliphatic rings. The zero-order chi connectivity index (χ0) is 13.8. The summed E-state index contributed by atoms with van der Waals surface area (Å²) in [5, 5.41) is 0. The maximum atomic E-state index is 11.8. The van der Waals surface area contributed by atoms with E-state index in [9.17, 15) is 13.2 Å². The van der Waals surface area contributed by atoms with Crippen molar-refractivity contribution in [1.29, 1.82) is 0 Å². The molecule has 1 aromatic carbocycles. The molecule has 1 rings (SSSR count). The van der Waals surface area contributed by atoms with E-state index in [0.717, 1.165) is 6.07 Å². The lowest BCUT2D eigenvalue weighted by atomic mass is 10.2. The smallest absolute Gasteiger partial charge is 0.337 e. The van der Waals surface area contributed by atoms with Crippen LogP contribution in [0.2, 0.25) is 0 Å². The Morgan fingerprint density at radius 2 is 1.94 bits per heavy atom. The lowest BCUT2D eigenvalue weighted by Gasteiger charge is -2.10. The van der Waals surface area contributed by atoms with Crippen molar-refractivity contribution >= 4 is 16.1 Å². The van der Waals surface area contributed by atoms with E-state index < -0.39 is 16.1 Å². The van der Waals surface area contributed by atoms with Gasteiger partial charge in [0.1, 0.15) is 10.6 Å². The first kappa shape index (κ1) is 14.5. The van der Waals surface area contributed by atoms with Crippen molar-refractivity contribution in [2.45, 2.75) is 11.8 Å². The SMILES string of the molecule is CCOS(=O)(=O)c1cc(C(=O)OC)ccc1OC. The van der Waals surface area contributed by atoms with Gasteiger partial charge in [0, 0.05) is 0 Å². The highest BCUT2D eigenvalue weighted by Crippen LogP contribution is 2.26. The van der Waals surface area contributed by atoms with Crippen LogP contribution in [0.3, 0.4) is 0 Å². The first-order valence-electron chi connectivity index (χ1n) is 5.12. The summed E-state index contributed by atoms with van der Waals surface area (Å²) < 4.78 is 37.8. The monoisotopic (exact) mass is 274 g/mol. The number of esters is 1. The second-order valence-electron chi connectivity index (χ2n) is 3.22. The molecule has 18 heavy (non-hydrogen) atoms. The molecule has 0 saturated carbocycles. The van der Waals surface area contributed by atoms with Crippen LogP contribution in [-0.2, 0) is 19.0 Å². The summed E-state index contributed by atoms with van der Waals surface area (Å²) in [6.07, 6.45) is 0. The minimum Gasteiger partial charge on any atom is -0.495 e. The summed E-state index contributed by atoms with van der Waals surface area (Å²) >= 11 is 0. The van der Waals surface area contributed by atoms with E-state index in [4.69, 9.17) is 4.74 Å². The molecule has 6 nitrogen and oxygen atoms in total. The molecule has 0 saturated heterocycles. The minimum atomic E-state index is -3.95. The third-order valence-corrected chi connectivity index (χ3v) is 3.53. The van der Waals surface area contributed by atoms with Crippen LogP contribution in [0.15, 0.2) is 23.1 Å². The van der Waals surface area contributed by atoms with Gasteiger partial charge >= 0.3 is 16.1 Å². The predicted molar refractivity (Wildman–Crippen MR) is 63.1 cm³/mol. The van der Waals surface area contributed by atoms with Gasteiger partial charge in [0.05, 0.1) is 26.4 Å². The van der Waals surface area contributed by atoms with Crippen molar-refractivity contribution in [2.75, 3.05) is 20.8 Å². The van der Waals surface area contributed by atoms with Crippen LogP contribution < -0.4 is 4.74 Å². The van der Waals surface area contributed by atoms with Gasteiger partial charge in [0.2, 0.25) is 0 Å². The molecular formula is C11H14O6S. The molecule has 0 heterocycles. The second-order valence-corrected chi connectivity index (χ2v) is 4.80. The fraction of sp³-hybridized carbons (Fsp3) is 0.364. The second kappa shape index (κ2) is 5.83. The van der Waals surface area contributed by atoms with E-state index in [-0.39, 0.29) is 22.8 Å². The van der Waals surface area contributed by atoms with Gasteiger partial charge in [-0.05, 0) is 25.1 Å². The molecule has 100 valence electrons. The van der Waals surface area contributed by atoms with E-state index in [2.05, 4.69) is 8.92 Å². The highest BCUT2D eigenvalue weighted by Gasteiger charge is 2.22. The molecule has 0 N–H and O–H groups in total. The van der Waals surface area contributed by atoms with Crippen molar-refractivity contribution < 1.29 is 26.9 Å². The Morgan fingerprint density at radius 3 is 2.44 bits per heavy atom. The van der Waals surface area contributed by atoms with Gasteiger partial charge in [0.25, 0.3) is 0 Å². The van der Waals surface area contributed by atoms with Gasteiger partial charge in [-0.2, -0.15) is 8.42 Å². The number of carbonyl (C=O) groups is 1. The summed E-state index contributed by atoms with van der Waals surface area (Å²) in [6.45, 7) is 1.54. The fourth-order valence-electron chi connectivity index (χ4n) is 1.34. The summed E-state index contributed by atoms with van der Waals surface area (Å²) in [7, 11) is -1.41. The predicted octanol–water partition coefficient (Wildman–Crippen LogP) is 1.21.